The summed E-state index contributed by atoms with van der Waals surface area (Å²) in [6.45, 7) is 0. The first-order chi connectivity index (χ1) is 9.50. The summed E-state index contributed by atoms with van der Waals surface area (Å²) in [5.41, 5.74) is 7.68. The van der Waals surface area contributed by atoms with Crippen LogP contribution in [0, 0.1) is 0 Å². The van der Waals surface area contributed by atoms with E-state index < -0.39 is 0 Å². The summed E-state index contributed by atoms with van der Waals surface area (Å²) in [5.74, 6) is -0.0227. The monoisotopic (exact) mass is 276 g/mol. The van der Waals surface area contributed by atoms with E-state index in [4.69, 9.17) is 5.73 Å². The van der Waals surface area contributed by atoms with E-state index in [1.807, 2.05) is 25.1 Å². The molecule has 1 heterocycles. The number of hydrogen-bond donors (Lipinski definition) is 2. The van der Waals surface area contributed by atoms with Crippen LogP contribution in [0.25, 0.3) is 0 Å². The summed E-state index contributed by atoms with van der Waals surface area (Å²) in [7, 11) is 3.88. The Labute approximate surface area is 120 Å². The van der Waals surface area contributed by atoms with E-state index in [0.717, 1.165) is 37.1 Å². The van der Waals surface area contributed by atoms with Gasteiger partial charge in [0, 0.05) is 32.3 Å². The van der Waals surface area contributed by atoms with E-state index >= 15 is 0 Å². The zero-order valence-electron chi connectivity index (χ0n) is 12.4. The molecule has 0 radical (unpaired) electrons. The highest BCUT2D eigenvalue weighted by atomic mass is 16.1. The van der Waals surface area contributed by atoms with Crippen LogP contribution in [0.5, 0.6) is 0 Å². The highest BCUT2D eigenvalue weighted by Crippen LogP contribution is 2.29. The van der Waals surface area contributed by atoms with Gasteiger partial charge in [-0.15, -0.1) is 0 Å². The molecule has 1 fully saturated rings. The third kappa shape index (κ3) is 3.70. The zero-order chi connectivity index (χ0) is 14.6. The Balaban J connectivity index is 2.01. The van der Waals surface area contributed by atoms with Gasteiger partial charge in [-0.05, 0) is 18.9 Å². The molecule has 1 saturated carbocycles. The number of pyridine rings is 1. The van der Waals surface area contributed by atoms with Crippen molar-refractivity contribution >= 4 is 17.3 Å². The van der Waals surface area contributed by atoms with Crippen LogP contribution < -0.4 is 16.0 Å². The minimum atomic E-state index is -0.331. The van der Waals surface area contributed by atoms with Crippen molar-refractivity contribution in [3.8, 4) is 0 Å². The van der Waals surface area contributed by atoms with Gasteiger partial charge >= 0.3 is 0 Å². The van der Waals surface area contributed by atoms with Gasteiger partial charge in [0.2, 0.25) is 5.91 Å². The number of hydrogen-bond acceptors (Lipinski definition) is 4. The second-order valence-electron chi connectivity index (χ2n) is 5.94. The van der Waals surface area contributed by atoms with Crippen LogP contribution in [0.3, 0.4) is 0 Å². The third-order valence-electron chi connectivity index (χ3n) is 3.92. The van der Waals surface area contributed by atoms with Gasteiger partial charge in [0.25, 0.3) is 0 Å². The van der Waals surface area contributed by atoms with Crippen molar-refractivity contribution in [2.75, 3.05) is 24.3 Å². The van der Waals surface area contributed by atoms with Crippen molar-refractivity contribution in [2.45, 2.75) is 44.1 Å². The summed E-state index contributed by atoms with van der Waals surface area (Å²) >= 11 is 0. The molecule has 1 aliphatic rings. The van der Waals surface area contributed by atoms with Crippen LogP contribution >= 0.6 is 0 Å². The van der Waals surface area contributed by atoms with Crippen molar-refractivity contribution in [3.63, 3.8) is 0 Å². The second-order valence-corrected chi connectivity index (χ2v) is 5.94. The summed E-state index contributed by atoms with van der Waals surface area (Å²) in [4.78, 5) is 18.3. The Morgan fingerprint density at radius 2 is 2.10 bits per heavy atom. The average molecular weight is 276 g/mol. The standard InChI is InChI=1S/C15H24N4O/c1-19(2)13-6-9-17-11-12(13)18-14(20)10-15(16)7-4-3-5-8-15/h6,9,11H,3-5,7-8,10,16H2,1-2H3,(H,18,20). The van der Waals surface area contributed by atoms with Crippen molar-refractivity contribution in [1.29, 1.82) is 0 Å². The number of anilines is 2. The Morgan fingerprint density at radius 1 is 1.40 bits per heavy atom. The molecule has 3 N–H and O–H groups in total. The molecule has 110 valence electrons. The Bertz CT molecular complexity index is 467. The number of carbonyl (C=O) groups is 1. The Kier molecular flexibility index (Phi) is 4.60. The number of aromatic nitrogens is 1. The molecule has 1 aromatic heterocycles. The summed E-state index contributed by atoms with van der Waals surface area (Å²) in [6, 6.07) is 1.88. The van der Waals surface area contributed by atoms with Gasteiger partial charge in [-0.1, -0.05) is 19.3 Å². The number of nitrogens with one attached hydrogen (secondary N) is 1. The second kappa shape index (κ2) is 6.22. The van der Waals surface area contributed by atoms with E-state index in [1.165, 1.54) is 6.42 Å². The van der Waals surface area contributed by atoms with E-state index in [1.54, 1.807) is 12.4 Å². The number of rotatable bonds is 4. The zero-order valence-corrected chi connectivity index (χ0v) is 12.4. The molecule has 0 aromatic carbocycles. The van der Waals surface area contributed by atoms with E-state index in [0.29, 0.717) is 6.42 Å². The lowest BCUT2D eigenvalue weighted by Crippen LogP contribution is -2.44. The fourth-order valence-corrected chi connectivity index (χ4v) is 2.82. The fraction of sp³-hybridized carbons (Fsp3) is 0.600. The van der Waals surface area contributed by atoms with Crippen LogP contribution in [-0.2, 0) is 4.79 Å². The molecular weight excluding hydrogens is 252 g/mol. The third-order valence-corrected chi connectivity index (χ3v) is 3.92. The van der Waals surface area contributed by atoms with E-state index in [-0.39, 0.29) is 11.4 Å². The predicted octanol–water partition coefficient (Wildman–Crippen LogP) is 2.14. The number of nitrogens with two attached hydrogens (primary N) is 1. The lowest BCUT2D eigenvalue weighted by Gasteiger charge is -2.32. The summed E-state index contributed by atoms with van der Waals surface area (Å²) < 4.78 is 0. The first kappa shape index (κ1) is 14.8. The highest BCUT2D eigenvalue weighted by molar-refractivity contribution is 5.94. The minimum Gasteiger partial charge on any atom is -0.376 e. The Hall–Kier alpha value is -1.62. The van der Waals surface area contributed by atoms with Gasteiger partial charge < -0.3 is 16.0 Å². The molecule has 1 amide bonds. The maximum absolute atomic E-state index is 12.2. The van der Waals surface area contributed by atoms with Gasteiger partial charge in [0.1, 0.15) is 0 Å². The minimum absolute atomic E-state index is 0.0227. The molecular formula is C15H24N4O. The molecule has 1 aromatic rings. The van der Waals surface area contributed by atoms with Crippen molar-refractivity contribution in [1.82, 2.24) is 4.98 Å². The quantitative estimate of drug-likeness (QED) is 0.884. The largest absolute Gasteiger partial charge is 0.376 e. The number of amides is 1. The van der Waals surface area contributed by atoms with Crippen LogP contribution in [0.4, 0.5) is 11.4 Å². The molecule has 0 aliphatic heterocycles. The summed E-state index contributed by atoms with van der Waals surface area (Å²) in [5, 5.41) is 2.94. The Morgan fingerprint density at radius 3 is 2.75 bits per heavy atom. The lowest BCUT2D eigenvalue weighted by atomic mass is 9.80. The van der Waals surface area contributed by atoms with Crippen molar-refractivity contribution in [2.24, 2.45) is 5.73 Å². The van der Waals surface area contributed by atoms with Gasteiger partial charge in [-0.25, -0.2) is 0 Å². The van der Waals surface area contributed by atoms with Gasteiger partial charge in [0.15, 0.2) is 0 Å². The molecule has 5 nitrogen and oxygen atoms in total. The highest BCUT2D eigenvalue weighted by Gasteiger charge is 2.30. The maximum Gasteiger partial charge on any atom is 0.226 e. The normalized spacial score (nSPS) is 17.6. The van der Waals surface area contributed by atoms with Crippen LogP contribution in [0.1, 0.15) is 38.5 Å². The molecule has 0 spiro atoms. The molecule has 5 heteroatoms. The number of carbonyl (C=O) groups excluding carboxylic acids is 1. The molecule has 20 heavy (non-hydrogen) atoms. The van der Waals surface area contributed by atoms with Crippen molar-refractivity contribution < 1.29 is 4.79 Å². The van der Waals surface area contributed by atoms with Gasteiger partial charge in [0.05, 0.1) is 17.6 Å². The smallest absolute Gasteiger partial charge is 0.226 e. The van der Waals surface area contributed by atoms with Crippen molar-refractivity contribution in [3.05, 3.63) is 18.5 Å². The average Bonchev–Trinajstić information content (AvgIpc) is 2.39. The van der Waals surface area contributed by atoms with Crippen LogP contribution in [0.15, 0.2) is 18.5 Å². The maximum atomic E-state index is 12.2. The molecule has 0 atom stereocenters. The molecule has 0 unspecified atom stereocenters. The SMILES string of the molecule is CN(C)c1ccncc1NC(=O)CC1(N)CCCCC1. The summed E-state index contributed by atoms with van der Waals surface area (Å²) in [6.07, 6.45) is 9.14. The molecule has 2 rings (SSSR count). The molecule has 0 saturated heterocycles. The predicted molar refractivity (Wildman–Crippen MR) is 81.8 cm³/mol. The lowest BCUT2D eigenvalue weighted by molar-refractivity contribution is -0.117. The van der Waals surface area contributed by atoms with E-state index in [2.05, 4.69) is 10.3 Å². The molecule has 0 bridgehead atoms. The van der Waals surface area contributed by atoms with Gasteiger partial charge in [-0.3, -0.25) is 9.78 Å². The number of nitrogens with zero attached hydrogens (tertiary/aromatic N) is 2. The molecule has 1 aliphatic carbocycles. The topological polar surface area (TPSA) is 71.2 Å². The van der Waals surface area contributed by atoms with Gasteiger partial charge in [-0.2, -0.15) is 0 Å². The van der Waals surface area contributed by atoms with E-state index in [9.17, 15) is 4.79 Å². The first-order valence-corrected chi connectivity index (χ1v) is 7.20. The van der Waals surface area contributed by atoms with Crippen LogP contribution in [-0.4, -0.2) is 30.5 Å². The fourth-order valence-electron chi connectivity index (χ4n) is 2.82. The first-order valence-electron chi connectivity index (χ1n) is 7.20. The van der Waals surface area contributed by atoms with Crippen LogP contribution in [0.2, 0.25) is 0 Å².